The van der Waals surface area contributed by atoms with E-state index in [9.17, 15) is 4.79 Å². The molecule has 0 aromatic heterocycles. The topological polar surface area (TPSA) is 59.0 Å². The van der Waals surface area contributed by atoms with Gasteiger partial charge in [0.25, 0.3) is 0 Å². The number of carbonyl (C=O) groups is 1. The maximum absolute atomic E-state index is 10.4. The minimum Gasteiger partial charge on any atom is -0.481 e. The summed E-state index contributed by atoms with van der Waals surface area (Å²) in [4.78, 5) is 12.8. The third-order valence-electron chi connectivity index (χ3n) is 3.33. The normalized spacial score (nSPS) is 19.9. The highest BCUT2D eigenvalue weighted by Crippen LogP contribution is 2.16. The Labute approximate surface area is 109 Å². The van der Waals surface area contributed by atoms with Crippen molar-refractivity contribution in [1.82, 2.24) is 4.90 Å². The average molecular weight is 259 g/mol. The van der Waals surface area contributed by atoms with Crippen molar-refractivity contribution in [3.05, 3.63) is 0 Å². The molecule has 0 aromatic carbocycles. The van der Waals surface area contributed by atoms with E-state index < -0.39 is 5.97 Å². The van der Waals surface area contributed by atoms with Gasteiger partial charge in [0.15, 0.2) is 0 Å². The fraction of sp³-hybridized carbons (Fsp3) is 0.923. The molecule has 1 aliphatic rings. The molecule has 5 nitrogen and oxygen atoms in total. The van der Waals surface area contributed by atoms with Crippen LogP contribution in [0.15, 0.2) is 0 Å². The predicted octanol–water partition coefficient (Wildman–Crippen LogP) is 1.37. The van der Waals surface area contributed by atoms with Crippen molar-refractivity contribution in [1.29, 1.82) is 0 Å². The zero-order valence-electron chi connectivity index (χ0n) is 11.4. The number of ether oxygens (including phenoxy) is 2. The first-order chi connectivity index (χ1) is 8.63. The predicted molar refractivity (Wildman–Crippen MR) is 68.8 cm³/mol. The molecule has 1 fully saturated rings. The zero-order valence-corrected chi connectivity index (χ0v) is 11.4. The summed E-state index contributed by atoms with van der Waals surface area (Å²) in [6, 6.07) is 0.449. The minimum atomic E-state index is -0.794. The first-order valence-corrected chi connectivity index (χ1v) is 6.78. The van der Waals surface area contributed by atoms with Crippen molar-refractivity contribution in [3.63, 3.8) is 0 Å². The summed E-state index contributed by atoms with van der Waals surface area (Å²) in [7, 11) is 0. The number of likely N-dealkylation sites (tertiary alicyclic amines) is 1. The summed E-state index contributed by atoms with van der Waals surface area (Å²) in [6.07, 6.45) is 2.28. The number of aliphatic carboxylic acids is 1. The highest BCUT2D eigenvalue weighted by atomic mass is 16.5. The maximum atomic E-state index is 10.4. The van der Waals surface area contributed by atoms with Crippen LogP contribution in [0.25, 0.3) is 0 Å². The molecule has 0 amide bonds. The molecule has 18 heavy (non-hydrogen) atoms. The van der Waals surface area contributed by atoms with E-state index in [0.29, 0.717) is 12.6 Å². The molecule has 1 unspecified atom stereocenters. The van der Waals surface area contributed by atoms with Crippen LogP contribution in [0, 0.1) is 0 Å². The van der Waals surface area contributed by atoms with E-state index in [1.807, 2.05) is 6.92 Å². The third-order valence-corrected chi connectivity index (χ3v) is 3.33. The largest absolute Gasteiger partial charge is 0.481 e. The lowest BCUT2D eigenvalue weighted by atomic mass is 10.1. The van der Waals surface area contributed by atoms with Crippen LogP contribution < -0.4 is 0 Å². The summed E-state index contributed by atoms with van der Waals surface area (Å²) < 4.78 is 11.0. The average Bonchev–Trinajstić information content (AvgIpc) is 2.36. The van der Waals surface area contributed by atoms with E-state index in [1.165, 1.54) is 0 Å². The van der Waals surface area contributed by atoms with Gasteiger partial charge in [-0.2, -0.15) is 0 Å². The molecule has 1 heterocycles. The smallest absolute Gasteiger partial charge is 0.305 e. The lowest BCUT2D eigenvalue weighted by Crippen LogP contribution is -2.44. The highest BCUT2D eigenvalue weighted by Gasteiger charge is 2.23. The second-order valence-electron chi connectivity index (χ2n) is 4.76. The van der Waals surface area contributed by atoms with E-state index in [-0.39, 0.29) is 12.5 Å². The van der Waals surface area contributed by atoms with Crippen molar-refractivity contribution in [3.8, 4) is 0 Å². The first kappa shape index (κ1) is 15.4. The van der Waals surface area contributed by atoms with Gasteiger partial charge in [-0.05, 0) is 26.7 Å². The number of nitrogens with zero attached hydrogens (tertiary/aromatic N) is 1. The van der Waals surface area contributed by atoms with Gasteiger partial charge in [-0.1, -0.05) is 0 Å². The van der Waals surface area contributed by atoms with Gasteiger partial charge in [0.2, 0.25) is 0 Å². The molecule has 0 aromatic rings. The fourth-order valence-corrected chi connectivity index (χ4v) is 2.19. The van der Waals surface area contributed by atoms with Crippen molar-refractivity contribution in [2.45, 2.75) is 45.3 Å². The lowest BCUT2D eigenvalue weighted by molar-refractivity contribution is -0.138. The molecule has 0 spiro atoms. The first-order valence-electron chi connectivity index (χ1n) is 6.78. The monoisotopic (exact) mass is 259 g/mol. The Morgan fingerprint density at radius 1 is 1.44 bits per heavy atom. The van der Waals surface area contributed by atoms with Crippen LogP contribution in [0.1, 0.15) is 33.1 Å². The number of carboxylic acids is 1. The van der Waals surface area contributed by atoms with E-state index in [4.69, 9.17) is 14.6 Å². The molecule has 1 rings (SSSR count). The standard InChI is InChI=1S/C13H25NO4/c1-3-17-10-11(2)14-7-4-12(5-8-14)18-9-6-13(15)16/h11-12H,3-10H2,1-2H3,(H,15,16). The number of carboxylic acid groups (broad SMARTS) is 1. The molecular weight excluding hydrogens is 234 g/mol. The molecule has 0 aliphatic carbocycles. The van der Waals surface area contributed by atoms with Crippen LogP contribution in [0.5, 0.6) is 0 Å². The SMILES string of the molecule is CCOCC(C)N1CCC(OCCC(=O)O)CC1. The van der Waals surface area contributed by atoms with E-state index in [1.54, 1.807) is 0 Å². The molecule has 0 radical (unpaired) electrons. The summed E-state index contributed by atoms with van der Waals surface area (Å²) >= 11 is 0. The molecule has 1 N–H and O–H groups in total. The van der Waals surface area contributed by atoms with Crippen LogP contribution in [-0.4, -0.2) is 61.0 Å². The van der Waals surface area contributed by atoms with Crippen molar-refractivity contribution in [2.75, 3.05) is 32.9 Å². The Kier molecular flexibility index (Phi) is 7.23. The van der Waals surface area contributed by atoms with Crippen molar-refractivity contribution >= 4 is 5.97 Å². The summed E-state index contributed by atoms with van der Waals surface area (Å²) in [5.74, 6) is -0.794. The summed E-state index contributed by atoms with van der Waals surface area (Å²) in [6.45, 7) is 8.07. The molecule has 1 aliphatic heterocycles. The van der Waals surface area contributed by atoms with E-state index in [2.05, 4.69) is 11.8 Å². The molecule has 5 heteroatoms. The van der Waals surface area contributed by atoms with Crippen LogP contribution >= 0.6 is 0 Å². The van der Waals surface area contributed by atoms with Crippen LogP contribution in [0.3, 0.4) is 0 Å². The Balaban J connectivity index is 2.14. The number of hydrogen-bond acceptors (Lipinski definition) is 4. The number of rotatable bonds is 8. The summed E-state index contributed by atoms with van der Waals surface area (Å²) in [5, 5.41) is 8.54. The Morgan fingerprint density at radius 2 is 2.11 bits per heavy atom. The second-order valence-corrected chi connectivity index (χ2v) is 4.76. The molecule has 106 valence electrons. The third kappa shape index (κ3) is 5.80. The number of piperidine rings is 1. The van der Waals surface area contributed by atoms with Gasteiger partial charge in [0, 0.05) is 25.7 Å². The molecule has 0 saturated carbocycles. The Bertz CT molecular complexity index is 239. The Hall–Kier alpha value is -0.650. The minimum absolute atomic E-state index is 0.0982. The van der Waals surface area contributed by atoms with Gasteiger partial charge in [-0.25, -0.2) is 0 Å². The van der Waals surface area contributed by atoms with Gasteiger partial charge in [0.1, 0.15) is 0 Å². The zero-order chi connectivity index (χ0) is 13.4. The molecular formula is C13H25NO4. The maximum Gasteiger partial charge on any atom is 0.305 e. The van der Waals surface area contributed by atoms with Crippen LogP contribution in [0.4, 0.5) is 0 Å². The molecule has 0 bridgehead atoms. The lowest BCUT2D eigenvalue weighted by Gasteiger charge is -2.35. The van der Waals surface area contributed by atoms with Gasteiger partial charge in [-0.3, -0.25) is 9.69 Å². The van der Waals surface area contributed by atoms with Gasteiger partial charge >= 0.3 is 5.97 Å². The van der Waals surface area contributed by atoms with Gasteiger partial charge < -0.3 is 14.6 Å². The van der Waals surface area contributed by atoms with E-state index >= 15 is 0 Å². The van der Waals surface area contributed by atoms with Gasteiger partial charge in [-0.15, -0.1) is 0 Å². The van der Waals surface area contributed by atoms with Crippen molar-refractivity contribution < 1.29 is 19.4 Å². The highest BCUT2D eigenvalue weighted by molar-refractivity contribution is 5.66. The van der Waals surface area contributed by atoms with Gasteiger partial charge in [0.05, 0.1) is 25.7 Å². The molecule has 1 saturated heterocycles. The quantitative estimate of drug-likeness (QED) is 0.713. The fourth-order valence-electron chi connectivity index (χ4n) is 2.19. The van der Waals surface area contributed by atoms with E-state index in [0.717, 1.165) is 39.1 Å². The second kappa shape index (κ2) is 8.45. The van der Waals surface area contributed by atoms with Crippen LogP contribution in [0.2, 0.25) is 0 Å². The Morgan fingerprint density at radius 3 is 2.67 bits per heavy atom. The number of hydrogen-bond donors (Lipinski definition) is 1. The van der Waals surface area contributed by atoms with Crippen LogP contribution in [-0.2, 0) is 14.3 Å². The summed E-state index contributed by atoms with van der Waals surface area (Å²) in [5.41, 5.74) is 0. The molecule has 1 atom stereocenters. The van der Waals surface area contributed by atoms with Crippen molar-refractivity contribution in [2.24, 2.45) is 0 Å².